The lowest BCUT2D eigenvalue weighted by molar-refractivity contribution is 0.112. The molecule has 3 heteroatoms. The lowest BCUT2D eigenvalue weighted by Gasteiger charge is -2.09. The van der Waals surface area contributed by atoms with E-state index in [1.807, 2.05) is 0 Å². The molecular formula is C14H11FO2. The van der Waals surface area contributed by atoms with Crippen molar-refractivity contribution in [1.29, 1.82) is 0 Å². The second-order valence-corrected chi connectivity index (χ2v) is 3.67. The van der Waals surface area contributed by atoms with E-state index in [0.29, 0.717) is 11.3 Å². The molecule has 2 aromatic rings. The van der Waals surface area contributed by atoms with Gasteiger partial charge >= 0.3 is 0 Å². The lowest BCUT2D eigenvalue weighted by atomic mass is 10.2. The number of hydrogen-bond acceptors (Lipinski definition) is 2. The van der Waals surface area contributed by atoms with Gasteiger partial charge < -0.3 is 4.74 Å². The van der Waals surface area contributed by atoms with Crippen molar-refractivity contribution < 1.29 is 13.9 Å². The molecule has 0 amide bonds. The monoisotopic (exact) mass is 230 g/mol. The highest BCUT2D eigenvalue weighted by molar-refractivity contribution is 5.74. The summed E-state index contributed by atoms with van der Waals surface area (Å²) in [7, 11) is 0. The summed E-state index contributed by atoms with van der Waals surface area (Å²) in [5, 5.41) is 0. The Bertz CT molecular complexity index is 512. The lowest BCUT2D eigenvalue weighted by Crippen LogP contribution is -1.91. The molecule has 0 spiro atoms. The molecule has 0 aliphatic heterocycles. The standard InChI is InChI=1S/C14H11FO2/c1-10-3-2-4-13(15)14(10)17-12-7-5-11(9-16)6-8-12/h2-9H,1H3. The minimum atomic E-state index is -0.399. The fourth-order valence-electron chi connectivity index (χ4n) is 1.48. The Kier molecular flexibility index (Phi) is 3.19. The largest absolute Gasteiger partial charge is 0.454 e. The molecule has 0 atom stereocenters. The molecule has 0 bridgehead atoms. The van der Waals surface area contributed by atoms with E-state index in [-0.39, 0.29) is 5.75 Å². The molecule has 0 N–H and O–H groups in total. The van der Waals surface area contributed by atoms with Crippen molar-refractivity contribution in [1.82, 2.24) is 0 Å². The van der Waals surface area contributed by atoms with Crippen molar-refractivity contribution in [2.24, 2.45) is 0 Å². The molecule has 0 saturated heterocycles. The van der Waals surface area contributed by atoms with Gasteiger partial charge in [0.15, 0.2) is 11.6 Å². The summed E-state index contributed by atoms with van der Waals surface area (Å²) in [5.74, 6) is 0.319. The zero-order chi connectivity index (χ0) is 12.3. The Hall–Kier alpha value is -2.16. The van der Waals surface area contributed by atoms with Crippen molar-refractivity contribution in [3.8, 4) is 11.5 Å². The van der Waals surface area contributed by atoms with Crippen LogP contribution in [0, 0.1) is 12.7 Å². The molecule has 0 aliphatic rings. The Morgan fingerprint density at radius 3 is 2.41 bits per heavy atom. The van der Waals surface area contributed by atoms with Crippen LogP contribution in [0.1, 0.15) is 15.9 Å². The molecule has 2 aromatic carbocycles. The summed E-state index contributed by atoms with van der Waals surface area (Å²) in [6.07, 6.45) is 0.748. The number of benzene rings is 2. The predicted molar refractivity (Wildman–Crippen MR) is 63.0 cm³/mol. The van der Waals surface area contributed by atoms with Gasteiger partial charge in [-0.2, -0.15) is 0 Å². The van der Waals surface area contributed by atoms with Crippen LogP contribution in [0.5, 0.6) is 11.5 Å². The zero-order valence-electron chi connectivity index (χ0n) is 9.31. The molecule has 17 heavy (non-hydrogen) atoms. The summed E-state index contributed by atoms with van der Waals surface area (Å²) in [6.45, 7) is 1.78. The quantitative estimate of drug-likeness (QED) is 0.751. The van der Waals surface area contributed by atoms with E-state index >= 15 is 0 Å². The van der Waals surface area contributed by atoms with Gasteiger partial charge in [-0.05, 0) is 42.8 Å². The Balaban J connectivity index is 2.28. The van der Waals surface area contributed by atoms with E-state index in [2.05, 4.69) is 0 Å². The topological polar surface area (TPSA) is 26.3 Å². The van der Waals surface area contributed by atoms with Crippen LogP contribution in [0.3, 0.4) is 0 Å². The van der Waals surface area contributed by atoms with E-state index in [9.17, 15) is 9.18 Å². The van der Waals surface area contributed by atoms with E-state index in [1.165, 1.54) is 6.07 Å². The number of carbonyl (C=O) groups is 1. The van der Waals surface area contributed by atoms with Gasteiger partial charge in [-0.1, -0.05) is 12.1 Å². The Labute approximate surface area is 98.7 Å². The number of aryl methyl sites for hydroxylation is 1. The van der Waals surface area contributed by atoms with Crippen molar-refractivity contribution in [2.75, 3.05) is 0 Å². The van der Waals surface area contributed by atoms with Crippen LogP contribution in [0.25, 0.3) is 0 Å². The third-order valence-electron chi connectivity index (χ3n) is 2.40. The third kappa shape index (κ3) is 2.50. The average molecular weight is 230 g/mol. The number of aldehydes is 1. The van der Waals surface area contributed by atoms with Gasteiger partial charge in [-0.25, -0.2) is 4.39 Å². The first kappa shape index (κ1) is 11.3. The number of hydrogen-bond donors (Lipinski definition) is 0. The highest BCUT2D eigenvalue weighted by Gasteiger charge is 2.07. The summed E-state index contributed by atoms with van der Waals surface area (Å²) < 4.78 is 18.9. The first-order valence-corrected chi connectivity index (χ1v) is 5.19. The second kappa shape index (κ2) is 4.78. The van der Waals surface area contributed by atoms with Gasteiger partial charge in [-0.3, -0.25) is 4.79 Å². The van der Waals surface area contributed by atoms with Crippen molar-refractivity contribution in [3.05, 3.63) is 59.4 Å². The summed E-state index contributed by atoms with van der Waals surface area (Å²) in [5.41, 5.74) is 1.28. The molecule has 2 nitrogen and oxygen atoms in total. The van der Waals surface area contributed by atoms with Crippen LogP contribution in [0.15, 0.2) is 42.5 Å². The van der Waals surface area contributed by atoms with E-state index in [1.54, 1.807) is 43.3 Å². The van der Waals surface area contributed by atoms with Gasteiger partial charge in [0.25, 0.3) is 0 Å². The van der Waals surface area contributed by atoms with Crippen LogP contribution < -0.4 is 4.74 Å². The van der Waals surface area contributed by atoms with Gasteiger partial charge in [0.05, 0.1) is 0 Å². The molecule has 86 valence electrons. The highest BCUT2D eigenvalue weighted by Crippen LogP contribution is 2.27. The van der Waals surface area contributed by atoms with Gasteiger partial charge in [0.1, 0.15) is 12.0 Å². The molecule has 0 unspecified atom stereocenters. The molecule has 0 heterocycles. The fraction of sp³-hybridized carbons (Fsp3) is 0.0714. The zero-order valence-corrected chi connectivity index (χ0v) is 9.31. The maximum atomic E-state index is 13.5. The molecule has 0 saturated carbocycles. The van der Waals surface area contributed by atoms with Crippen LogP contribution in [-0.2, 0) is 0 Å². The van der Waals surface area contributed by atoms with E-state index < -0.39 is 5.82 Å². The van der Waals surface area contributed by atoms with Crippen LogP contribution >= 0.6 is 0 Å². The van der Waals surface area contributed by atoms with Crippen molar-refractivity contribution in [2.45, 2.75) is 6.92 Å². The minimum absolute atomic E-state index is 0.214. The van der Waals surface area contributed by atoms with Gasteiger partial charge in [0.2, 0.25) is 0 Å². The fourth-order valence-corrected chi connectivity index (χ4v) is 1.48. The van der Waals surface area contributed by atoms with Crippen molar-refractivity contribution >= 4 is 6.29 Å². The number of para-hydroxylation sites is 1. The Morgan fingerprint density at radius 1 is 1.12 bits per heavy atom. The summed E-state index contributed by atoms with van der Waals surface area (Å²) in [6, 6.07) is 11.3. The number of rotatable bonds is 3. The van der Waals surface area contributed by atoms with E-state index in [4.69, 9.17) is 4.74 Å². The highest BCUT2D eigenvalue weighted by atomic mass is 19.1. The third-order valence-corrected chi connectivity index (χ3v) is 2.40. The van der Waals surface area contributed by atoms with Crippen LogP contribution in [0.4, 0.5) is 4.39 Å². The van der Waals surface area contributed by atoms with Crippen LogP contribution in [0.2, 0.25) is 0 Å². The van der Waals surface area contributed by atoms with E-state index in [0.717, 1.165) is 11.8 Å². The number of ether oxygens (including phenoxy) is 1. The number of halogens is 1. The summed E-state index contributed by atoms with van der Waals surface area (Å²) in [4.78, 5) is 10.5. The molecule has 0 radical (unpaired) electrons. The molecule has 0 aromatic heterocycles. The normalized spacial score (nSPS) is 10.0. The number of carbonyl (C=O) groups excluding carboxylic acids is 1. The second-order valence-electron chi connectivity index (χ2n) is 3.67. The Morgan fingerprint density at radius 2 is 1.82 bits per heavy atom. The molecule has 0 aliphatic carbocycles. The first-order chi connectivity index (χ1) is 8.20. The average Bonchev–Trinajstić information content (AvgIpc) is 2.35. The maximum absolute atomic E-state index is 13.5. The molecule has 2 rings (SSSR count). The predicted octanol–water partition coefficient (Wildman–Crippen LogP) is 3.74. The summed E-state index contributed by atoms with van der Waals surface area (Å²) >= 11 is 0. The van der Waals surface area contributed by atoms with Crippen molar-refractivity contribution in [3.63, 3.8) is 0 Å². The van der Waals surface area contributed by atoms with Gasteiger partial charge in [0, 0.05) is 5.56 Å². The minimum Gasteiger partial charge on any atom is -0.454 e. The molecular weight excluding hydrogens is 219 g/mol. The smallest absolute Gasteiger partial charge is 0.165 e. The first-order valence-electron chi connectivity index (χ1n) is 5.19. The van der Waals surface area contributed by atoms with Gasteiger partial charge in [-0.15, -0.1) is 0 Å². The van der Waals surface area contributed by atoms with Crippen LogP contribution in [-0.4, -0.2) is 6.29 Å². The maximum Gasteiger partial charge on any atom is 0.165 e. The molecule has 0 fully saturated rings. The SMILES string of the molecule is Cc1cccc(F)c1Oc1ccc(C=O)cc1.